The molecule has 1 saturated heterocycles. The summed E-state index contributed by atoms with van der Waals surface area (Å²) < 4.78 is 15.8. The van der Waals surface area contributed by atoms with Crippen molar-refractivity contribution in [2.24, 2.45) is 0 Å². The monoisotopic (exact) mass is 446 g/mol. The van der Waals surface area contributed by atoms with Crippen LogP contribution in [0.2, 0.25) is 0 Å². The second-order valence-corrected chi connectivity index (χ2v) is 7.36. The summed E-state index contributed by atoms with van der Waals surface area (Å²) in [5.74, 6) is -0.0670. The molecule has 2 heterocycles. The smallest absolute Gasteiger partial charge is 0.301 e. The Labute approximate surface area is 190 Å². The topological polar surface area (TPSA) is 102 Å². The summed E-state index contributed by atoms with van der Waals surface area (Å²) in [5.41, 5.74) is 0.919. The molecule has 8 heteroatoms. The Hall–Kier alpha value is -4.33. The van der Waals surface area contributed by atoms with Crippen molar-refractivity contribution in [1.29, 1.82) is 0 Å². The molecule has 4 rings (SSSR count). The minimum Gasteiger partial charge on any atom is -0.507 e. The Balaban J connectivity index is 1.83. The third-order valence-corrected chi connectivity index (χ3v) is 5.23. The van der Waals surface area contributed by atoms with Crippen molar-refractivity contribution >= 4 is 23.3 Å². The molecule has 1 N–H and O–H groups in total. The minimum absolute atomic E-state index is 0.0504. The summed E-state index contributed by atoms with van der Waals surface area (Å²) in [4.78, 5) is 27.4. The van der Waals surface area contributed by atoms with E-state index in [1.807, 2.05) is 0 Å². The van der Waals surface area contributed by atoms with E-state index in [4.69, 9.17) is 14.0 Å². The lowest BCUT2D eigenvalue weighted by molar-refractivity contribution is -0.132. The van der Waals surface area contributed by atoms with Crippen LogP contribution in [-0.4, -0.2) is 35.7 Å². The fourth-order valence-corrected chi connectivity index (χ4v) is 3.66. The molecule has 0 radical (unpaired) electrons. The number of Topliss-reactive ketones (excluding diaryl/α,β-unsaturated/α-hetero) is 1. The van der Waals surface area contributed by atoms with Crippen LogP contribution in [0.3, 0.4) is 0 Å². The molecular weight excluding hydrogens is 424 g/mol. The second-order valence-electron chi connectivity index (χ2n) is 7.36. The molecule has 1 aliphatic rings. The van der Waals surface area contributed by atoms with Gasteiger partial charge in [0.15, 0.2) is 5.82 Å². The number of nitrogens with zero attached hydrogens (tertiary/aromatic N) is 2. The molecule has 0 aliphatic carbocycles. The molecule has 0 spiro atoms. The van der Waals surface area contributed by atoms with E-state index in [9.17, 15) is 14.7 Å². The molecular formula is C25H22N2O6. The van der Waals surface area contributed by atoms with E-state index in [1.165, 1.54) is 4.90 Å². The standard InChI is InChI=1S/C25H22N2O6/c1-4-13-32-19-11-7-17(8-12-19)23(28)21-22(16-5-9-18(31-3)10-6-16)27(25(30)24(21)29)20-14-15(2)33-26-20/h4-12,14,22,28H,1,13H2,2-3H3/t22-/m0/s1. The van der Waals surface area contributed by atoms with Crippen LogP contribution in [0.4, 0.5) is 5.82 Å². The van der Waals surface area contributed by atoms with Gasteiger partial charge < -0.3 is 19.1 Å². The average Bonchev–Trinajstić information content (AvgIpc) is 3.38. The van der Waals surface area contributed by atoms with Crippen LogP contribution in [0.25, 0.3) is 5.76 Å². The summed E-state index contributed by atoms with van der Waals surface area (Å²) in [5, 5.41) is 15.1. The van der Waals surface area contributed by atoms with Gasteiger partial charge in [-0.1, -0.05) is 29.9 Å². The number of ketones is 1. The van der Waals surface area contributed by atoms with Crippen LogP contribution in [0, 0.1) is 6.92 Å². The molecule has 1 amide bonds. The lowest BCUT2D eigenvalue weighted by Gasteiger charge is -2.23. The number of hydrogen-bond acceptors (Lipinski definition) is 7. The van der Waals surface area contributed by atoms with Gasteiger partial charge in [-0.15, -0.1) is 0 Å². The first kappa shape index (κ1) is 21.9. The number of hydrogen-bond donors (Lipinski definition) is 1. The SMILES string of the molecule is C=CCOc1ccc(C(O)=C2C(=O)C(=O)N(c3cc(C)on3)[C@H]2c2ccc(OC)cc2)cc1. The van der Waals surface area contributed by atoms with Crippen molar-refractivity contribution in [2.75, 3.05) is 18.6 Å². The first-order valence-electron chi connectivity index (χ1n) is 10.2. The lowest BCUT2D eigenvalue weighted by Crippen LogP contribution is -2.29. The highest BCUT2D eigenvalue weighted by Gasteiger charge is 2.48. The molecule has 1 fully saturated rings. The van der Waals surface area contributed by atoms with Crippen LogP contribution in [-0.2, 0) is 9.59 Å². The normalized spacial score (nSPS) is 17.3. The van der Waals surface area contributed by atoms with Gasteiger partial charge in [0.1, 0.15) is 29.6 Å². The van der Waals surface area contributed by atoms with E-state index in [1.54, 1.807) is 74.7 Å². The fraction of sp³-hybridized carbons (Fsp3) is 0.160. The number of amides is 1. The van der Waals surface area contributed by atoms with E-state index >= 15 is 0 Å². The zero-order valence-electron chi connectivity index (χ0n) is 18.1. The Morgan fingerprint density at radius 1 is 1.15 bits per heavy atom. The second kappa shape index (κ2) is 9.04. The van der Waals surface area contributed by atoms with Crippen molar-refractivity contribution in [3.05, 3.63) is 89.7 Å². The number of aliphatic hydroxyl groups excluding tert-OH is 1. The molecule has 1 aromatic heterocycles. The Morgan fingerprint density at radius 2 is 1.82 bits per heavy atom. The minimum atomic E-state index is -0.905. The highest BCUT2D eigenvalue weighted by Crippen LogP contribution is 2.42. The van der Waals surface area contributed by atoms with Gasteiger partial charge in [-0.05, 0) is 48.9 Å². The van der Waals surface area contributed by atoms with E-state index in [0.29, 0.717) is 35.0 Å². The van der Waals surface area contributed by atoms with Gasteiger partial charge in [0, 0.05) is 11.6 Å². The first-order valence-corrected chi connectivity index (χ1v) is 10.2. The first-order chi connectivity index (χ1) is 15.9. The fourth-order valence-electron chi connectivity index (χ4n) is 3.66. The predicted octanol–water partition coefficient (Wildman–Crippen LogP) is 4.18. The summed E-state index contributed by atoms with van der Waals surface area (Å²) in [6.45, 7) is 5.63. The number of methoxy groups -OCH3 is 1. The molecule has 33 heavy (non-hydrogen) atoms. The molecule has 3 aromatic rings. The number of aliphatic hydroxyl groups is 1. The van der Waals surface area contributed by atoms with Crippen molar-refractivity contribution in [3.63, 3.8) is 0 Å². The van der Waals surface area contributed by atoms with E-state index in [0.717, 1.165) is 0 Å². The average molecular weight is 446 g/mol. The van der Waals surface area contributed by atoms with Crippen LogP contribution < -0.4 is 14.4 Å². The van der Waals surface area contributed by atoms with Crippen molar-refractivity contribution in [3.8, 4) is 11.5 Å². The van der Waals surface area contributed by atoms with Gasteiger partial charge in [-0.25, -0.2) is 0 Å². The predicted molar refractivity (Wildman–Crippen MR) is 121 cm³/mol. The van der Waals surface area contributed by atoms with Crippen LogP contribution in [0.5, 0.6) is 11.5 Å². The number of ether oxygens (including phenoxy) is 2. The Morgan fingerprint density at radius 3 is 2.39 bits per heavy atom. The van der Waals surface area contributed by atoms with E-state index < -0.39 is 17.7 Å². The highest BCUT2D eigenvalue weighted by molar-refractivity contribution is 6.51. The molecule has 1 atom stereocenters. The molecule has 168 valence electrons. The van der Waals surface area contributed by atoms with E-state index in [2.05, 4.69) is 11.7 Å². The van der Waals surface area contributed by atoms with E-state index in [-0.39, 0.29) is 17.2 Å². The summed E-state index contributed by atoms with van der Waals surface area (Å²) in [6.07, 6.45) is 1.62. The number of benzene rings is 2. The molecule has 2 aromatic carbocycles. The largest absolute Gasteiger partial charge is 0.507 e. The number of aryl methyl sites for hydroxylation is 1. The number of carbonyl (C=O) groups excluding carboxylic acids is 2. The molecule has 1 aliphatic heterocycles. The maximum atomic E-state index is 13.1. The van der Waals surface area contributed by atoms with Gasteiger partial charge in [0.2, 0.25) is 0 Å². The van der Waals surface area contributed by atoms with Crippen molar-refractivity contribution < 1.29 is 28.7 Å². The quantitative estimate of drug-likeness (QED) is 0.251. The molecule has 0 unspecified atom stereocenters. The zero-order chi connectivity index (χ0) is 23.5. The van der Waals surface area contributed by atoms with Gasteiger partial charge >= 0.3 is 5.91 Å². The summed E-state index contributed by atoms with van der Waals surface area (Å²) in [7, 11) is 1.54. The number of anilines is 1. The van der Waals surface area contributed by atoms with Crippen LogP contribution >= 0.6 is 0 Å². The molecule has 0 saturated carbocycles. The Bertz CT molecular complexity index is 1220. The third kappa shape index (κ3) is 4.10. The van der Waals surface area contributed by atoms with Crippen LogP contribution in [0.15, 0.2) is 77.3 Å². The van der Waals surface area contributed by atoms with Crippen molar-refractivity contribution in [1.82, 2.24) is 5.16 Å². The third-order valence-electron chi connectivity index (χ3n) is 5.23. The van der Waals surface area contributed by atoms with Gasteiger partial charge in [0.25, 0.3) is 5.78 Å². The molecule has 8 nitrogen and oxygen atoms in total. The number of rotatable bonds is 7. The highest BCUT2D eigenvalue weighted by atomic mass is 16.5. The summed E-state index contributed by atoms with van der Waals surface area (Å²) in [6, 6.07) is 14.1. The van der Waals surface area contributed by atoms with Gasteiger partial charge in [0.05, 0.1) is 18.7 Å². The molecule has 0 bridgehead atoms. The number of carbonyl (C=O) groups is 2. The van der Waals surface area contributed by atoms with Crippen LogP contribution in [0.1, 0.15) is 22.9 Å². The van der Waals surface area contributed by atoms with Crippen molar-refractivity contribution in [2.45, 2.75) is 13.0 Å². The zero-order valence-corrected chi connectivity index (χ0v) is 18.1. The lowest BCUT2D eigenvalue weighted by atomic mass is 9.95. The maximum Gasteiger partial charge on any atom is 0.301 e. The maximum absolute atomic E-state index is 13.1. The summed E-state index contributed by atoms with van der Waals surface area (Å²) >= 11 is 0. The number of aromatic nitrogens is 1. The Kier molecular flexibility index (Phi) is 5.99. The van der Waals surface area contributed by atoms with Gasteiger partial charge in [-0.3, -0.25) is 14.5 Å². The van der Waals surface area contributed by atoms with Gasteiger partial charge in [-0.2, -0.15) is 0 Å².